The molecule has 0 atom stereocenters. The number of nitro groups is 1. The number of nitrogens with zero attached hydrogens (tertiary/aromatic N) is 2. The summed E-state index contributed by atoms with van der Waals surface area (Å²) in [4.78, 5) is 12.3. The van der Waals surface area contributed by atoms with E-state index in [1.165, 1.54) is 0 Å². The minimum atomic E-state index is -4.99. The third-order valence-electron chi connectivity index (χ3n) is 2.78. The molecule has 24 heavy (non-hydrogen) atoms. The van der Waals surface area contributed by atoms with Gasteiger partial charge in [0, 0.05) is 12.1 Å². The number of hydrogen-bond acceptors (Lipinski definition) is 4. The van der Waals surface area contributed by atoms with Gasteiger partial charge in [-0.05, 0) is 6.07 Å². The topological polar surface area (TPSA) is 68.1 Å². The first-order valence-electron chi connectivity index (χ1n) is 5.85. The molecular weight excluding hydrogens is 384 g/mol. The summed E-state index contributed by atoms with van der Waals surface area (Å²) >= 11 is 11.1. The van der Waals surface area contributed by atoms with E-state index in [0.717, 1.165) is 6.07 Å². The Hall–Kier alpha value is -2.20. The average molecular weight is 388 g/mol. The minimum absolute atomic E-state index is 0.262. The number of pyridine rings is 1. The van der Waals surface area contributed by atoms with Gasteiger partial charge in [-0.15, -0.1) is 0 Å². The van der Waals surface area contributed by atoms with Crippen molar-refractivity contribution in [3.8, 4) is 0 Å². The second-order valence-electron chi connectivity index (χ2n) is 4.31. The molecule has 1 aromatic heterocycles. The number of alkyl halides is 3. The molecule has 0 aliphatic heterocycles. The Morgan fingerprint density at radius 1 is 1.12 bits per heavy atom. The number of hydrogen-bond donors (Lipinski definition) is 1. The summed E-state index contributed by atoms with van der Waals surface area (Å²) in [5.41, 5.74) is -3.69. The van der Waals surface area contributed by atoms with Crippen molar-refractivity contribution in [2.24, 2.45) is 0 Å². The third-order valence-corrected chi connectivity index (χ3v) is 3.47. The van der Waals surface area contributed by atoms with Crippen molar-refractivity contribution in [1.29, 1.82) is 0 Å². The lowest BCUT2D eigenvalue weighted by Crippen LogP contribution is -2.10. The van der Waals surface area contributed by atoms with Crippen LogP contribution in [0.2, 0.25) is 10.0 Å². The highest BCUT2D eigenvalue weighted by molar-refractivity contribution is 6.39. The molecule has 0 spiro atoms. The van der Waals surface area contributed by atoms with E-state index in [1.807, 2.05) is 5.32 Å². The fraction of sp³-hybridized carbons (Fsp3) is 0.0833. The Morgan fingerprint density at radius 3 is 2.12 bits per heavy atom. The van der Waals surface area contributed by atoms with E-state index in [-0.39, 0.29) is 6.07 Å². The van der Waals surface area contributed by atoms with Crippen LogP contribution in [0.4, 0.5) is 39.0 Å². The Kier molecular flexibility index (Phi) is 4.81. The van der Waals surface area contributed by atoms with Crippen molar-refractivity contribution in [1.82, 2.24) is 4.98 Å². The zero-order chi connectivity index (χ0) is 18.2. The van der Waals surface area contributed by atoms with E-state index in [9.17, 15) is 32.1 Å². The van der Waals surface area contributed by atoms with E-state index < -0.39 is 55.7 Å². The van der Waals surface area contributed by atoms with Crippen LogP contribution in [0.5, 0.6) is 0 Å². The molecule has 1 heterocycles. The van der Waals surface area contributed by atoms with Crippen LogP contribution < -0.4 is 5.32 Å². The zero-order valence-electron chi connectivity index (χ0n) is 11.1. The number of aromatic nitrogens is 1. The van der Waals surface area contributed by atoms with Crippen molar-refractivity contribution < 1.29 is 26.9 Å². The van der Waals surface area contributed by atoms with Gasteiger partial charge in [0.15, 0.2) is 0 Å². The molecule has 12 heteroatoms. The van der Waals surface area contributed by atoms with Crippen molar-refractivity contribution in [2.45, 2.75) is 6.18 Å². The summed E-state index contributed by atoms with van der Waals surface area (Å²) in [5.74, 6) is -2.98. The Balaban J connectivity index is 2.61. The van der Waals surface area contributed by atoms with E-state index in [4.69, 9.17) is 23.2 Å². The van der Waals surface area contributed by atoms with Gasteiger partial charge in [0.1, 0.15) is 10.0 Å². The highest BCUT2D eigenvalue weighted by Crippen LogP contribution is 2.41. The molecule has 1 N–H and O–H groups in total. The van der Waals surface area contributed by atoms with Crippen LogP contribution in [-0.4, -0.2) is 9.91 Å². The standard InChI is InChI=1S/C12H4Cl2F5N3O2/c13-7-9(8(14)11(16)21-10(7)15)20-6-2-1-4(22(23)24)3-5(6)12(17,18)19/h1-3H,(H,20,21). The first-order chi connectivity index (χ1) is 11.0. The highest BCUT2D eigenvalue weighted by Gasteiger charge is 2.35. The first kappa shape index (κ1) is 18.1. The number of anilines is 2. The van der Waals surface area contributed by atoms with Gasteiger partial charge in [-0.2, -0.15) is 26.9 Å². The summed E-state index contributed by atoms with van der Waals surface area (Å²) in [5, 5.41) is 11.0. The third kappa shape index (κ3) is 3.49. The summed E-state index contributed by atoms with van der Waals surface area (Å²) < 4.78 is 65.9. The van der Waals surface area contributed by atoms with Gasteiger partial charge < -0.3 is 5.32 Å². The van der Waals surface area contributed by atoms with Crippen LogP contribution in [-0.2, 0) is 6.18 Å². The molecule has 0 amide bonds. The molecule has 1 aromatic carbocycles. The lowest BCUT2D eigenvalue weighted by Gasteiger charge is -2.16. The minimum Gasteiger partial charge on any atom is -0.352 e. The zero-order valence-corrected chi connectivity index (χ0v) is 12.6. The summed E-state index contributed by atoms with van der Waals surface area (Å²) in [6, 6.07) is 1.75. The molecule has 0 saturated carbocycles. The van der Waals surface area contributed by atoms with E-state index in [1.54, 1.807) is 0 Å². The van der Waals surface area contributed by atoms with Crippen LogP contribution in [0.3, 0.4) is 0 Å². The van der Waals surface area contributed by atoms with E-state index in [0.29, 0.717) is 6.07 Å². The molecule has 0 radical (unpaired) electrons. The van der Waals surface area contributed by atoms with E-state index in [2.05, 4.69) is 4.98 Å². The highest BCUT2D eigenvalue weighted by atomic mass is 35.5. The molecule has 5 nitrogen and oxygen atoms in total. The van der Waals surface area contributed by atoms with Gasteiger partial charge in [-0.1, -0.05) is 23.2 Å². The largest absolute Gasteiger partial charge is 0.418 e. The van der Waals surface area contributed by atoms with Gasteiger partial charge in [-0.25, -0.2) is 0 Å². The predicted molar refractivity (Wildman–Crippen MR) is 75.6 cm³/mol. The van der Waals surface area contributed by atoms with Crippen molar-refractivity contribution in [3.63, 3.8) is 0 Å². The van der Waals surface area contributed by atoms with Gasteiger partial charge in [-0.3, -0.25) is 10.1 Å². The molecule has 0 bridgehead atoms. The number of nitrogens with one attached hydrogen (secondary N) is 1. The van der Waals surface area contributed by atoms with Gasteiger partial charge >= 0.3 is 6.18 Å². The van der Waals surface area contributed by atoms with E-state index >= 15 is 0 Å². The SMILES string of the molecule is O=[N+]([O-])c1ccc(Nc2c(Cl)c(F)nc(F)c2Cl)c(C(F)(F)F)c1. The predicted octanol–water partition coefficient (Wildman–Crippen LogP) is 5.34. The maximum absolute atomic E-state index is 13.3. The summed E-state index contributed by atoms with van der Waals surface area (Å²) in [6.45, 7) is 0. The van der Waals surface area contributed by atoms with Crippen LogP contribution >= 0.6 is 23.2 Å². The summed E-state index contributed by atoms with van der Waals surface area (Å²) in [7, 11) is 0. The second-order valence-corrected chi connectivity index (χ2v) is 5.06. The molecule has 128 valence electrons. The quantitative estimate of drug-likeness (QED) is 0.334. The Morgan fingerprint density at radius 2 is 1.67 bits per heavy atom. The molecule has 2 rings (SSSR count). The summed E-state index contributed by atoms with van der Waals surface area (Å²) in [6.07, 6.45) is -4.99. The molecule has 2 aromatic rings. The number of benzene rings is 1. The van der Waals surface area contributed by atoms with Gasteiger partial charge in [0.2, 0.25) is 11.9 Å². The maximum atomic E-state index is 13.3. The maximum Gasteiger partial charge on any atom is 0.418 e. The van der Waals surface area contributed by atoms with Gasteiger partial charge in [0.05, 0.1) is 21.9 Å². The number of non-ortho nitro benzene ring substituents is 1. The number of halogens is 7. The van der Waals surface area contributed by atoms with Crippen molar-refractivity contribution in [2.75, 3.05) is 5.32 Å². The van der Waals surface area contributed by atoms with Crippen LogP contribution in [0.25, 0.3) is 0 Å². The van der Waals surface area contributed by atoms with Crippen LogP contribution in [0.15, 0.2) is 18.2 Å². The molecule has 0 unspecified atom stereocenters. The molecular formula is C12H4Cl2F5N3O2. The molecule has 0 fully saturated rings. The molecule has 0 aliphatic carbocycles. The van der Waals surface area contributed by atoms with Crippen molar-refractivity contribution in [3.05, 3.63) is 55.8 Å². The molecule has 0 aliphatic rings. The van der Waals surface area contributed by atoms with Crippen molar-refractivity contribution >= 4 is 40.3 Å². The molecule has 0 saturated heterocycles. The van der Waals surface area contributed by atoms with Gasteiger partial charge in [0.25, 0.3) is 5.69 Å². The number of rotatable bonds is 3. The smallest absolute Gasteiger partial charge is 0.352 e. The second kappa shape index (κ2) is 6.36. The monoisotopic (exact) mass is 387 g/mol. The Bertz CT molecular complexity index is 803. The van der Waals surface area contributed by atoms with Crippen LogP contribution in [0, 0.1) is 22.0 Å². The fourth-order valence-electron chi connectivity index (χ4n) is 1.72. The fourth-order valence-corrected chi connectivity index (χ4v) is 2.14. The first-order valence-corrected chi connectivity index (χ1v) is 6.60. The Labute approximate surface area is 140 Å². The normalized spacial score (nSPS) is 11.5. The lowest BCUT2D eigenvalue weighted by molar-refractivity contribution is -0.385. The lowest BCUT2D eigenvalue weighted by atomic mass is 10.1. The van der Waals surface area contributed by atoms with Crippen LogP contribution in [0.1, 0.15) is 5.56 Å². The number of nitro benzene ring substituents is 1. The average Bonchev–Trinajstić information content (AvgIpc) is 2.48.